The maximum absolute atomic E-state index is 7.15. The Morgan fingerprint density at radius 2 is 0.578 bits per heavy atom. The van der Waals surface area contributed by atoms with Crippen molar-refractivity contribution >= 4 is 70.8 Å². The van der Waals surface area contributed by atoms with E-state index in [2.05, 4.69) is 108 Å². The molecule has 0 aliphatic carbocycles. The highest BCUT2D eigenvalue weighted by atomic mass is 35.5. The number of hydrogen-bond donors (Lipinski definition) is 2. The number of aromatic amines is 2. The SMILES string of the molecule is CCC[Si](CCC[N+](C)(C)C)(CCC[N+](C)(C)C)O[Si]O[Si](CCC)(CCC[N+](C)(C)C)CCC[N+](C)(C)C.[Cl-].[Cl-].[Cl-].[Cl-].c1ccc2c(c1)-c1nc-2nc2[nH]c(nc3nc(nc4[nH]c(n1)c1ccccc41)-c1ccccc1-3)c1ccccc21. The van der Waals surface area contributed by atoms with E-state index < -0.39 is 16.6 Å². The van der Waals surface area contributed by atoms with Gasteiger partial charge in [0.25, 0.3) is 0 Å². The minimum atomic E-state index is -1.86. The van der Waals surface area contributed by atoms with Crippen molar-refractivity contribution in [2.75, 3.05) is 111 Å². The van der Waals surface area contributed by atoms with Crippen molar-refractivity contribution in [3.8, 4) is 45.6 Å². The smallest absolute Gasteiger partial charge is 0.410 e. The van der Waals surface area contributed by atoms with E-state index in [-0.39, 0.29) is 59.6 Å². The Balaban J connectivity index is 0.000000341. The highest BCUT2D eigenvalue weighted by Crippen LogP contribution is 2.37. The number of hydrogen-bond acceptors (Lipinski definition) is 8. The van der Waals surface area contributed by atoms with Crippen LogP contribution in [0.2, 0.25) is 36.3 Å². The minimum absolute atomic E-state index is 0. The van der Waals surface area contributed by atoms with Crippen molar-refractivity contribution in [1.29, 1.82) is 0 Å². The number of fused-ring (bicyclic) bond motifs is 20. The van der Waals surface area contributed by atoms with E-state index in [1.54, 1.807) is 0 Å². The number of rotatable bonds is 24. The van der Waals surface area contributed by atoms with Crippen LogP contribution >= 0.6 is 0 Å². The van der Waals surface area contributed by atoms with Crippen molar-refractivity contribution in [2.24, 2.45) is 0 Å². The molecule has 9 rings (SSSR count). The molecular weight excluding hydrogens is 1170 g/mol. The molecule has 5 heterocycles. The second-order valence-corrected chi connectivity index (χ2v) is 35.9. The van der Waals surface area contributed by atoms with E-state index >= 15 is 0 Å². The molecule has 0 saturated heterocycles. The molecule has 452 valence electrons. The molecule has 21 heteroatoms. The second-order valence-electron chi connectivity index (χ2n) is 26.4. The summed E-state index contributed by atoms with van der Waals surface area (Å²) in [5.74, 6) is 2.39. The standard InChI is InChI=1S/C32H18N8.C30H74N4O2Si3.4ClH/c1-2-10-18-17(9-1)25-33-26(18)38-28-21-13-5-6-14-22(21)30(35-28)40-32-24-16-8-7-15-23(24)31(36-32)39-29-20-12-4-3-11-19(20)27(34-29)37-25;1-15-25-38(27-17-21-31(3,4)5,28-18-22-32(6,7)8)35-37-36-39(26-16-2,29-19-23-33(9,10)11)30-20-24-34(12,13)14;;;;/h1-16H,(H2,33,34,35,36,37,38,39,40);15-30H2,1-14H3;4*1H/q;+4;;;;/p-4. The summed E-state index contributed by atoms with van der Waals surface area (Å²) in [5, 5.41) is 3.82. The molecule has 2 N–H and O–H groups in total. The molecule has 0 unspecified atom stereocenters. The van der Waals surface area contributed by atoms with E-state index in [0.717, 1.165) is 61.7 Å². The van der Waals surface area contributed by atoms with Gasteiger partial charge in [0.15, 0.2) is 39.9 Å². The number of aromatic nitrogens is 8. The summed E-state index contributed by atoms with van der Waals surface area (Å²) in [6.45, 7) is 9.63. The van der Waals surface area contributed by atoms with E-state index in [1.807, 2.05) is 97.1 Å². The van der Waals surface area contributed by atoms with Crippen molar-refractivity contribution in [1.82, 2.24) is 39.9 Å². The lowest BCUT2D eigenvalue weighted by molar-refractivity contribution is -0.870. The van der Waals surface area contributed by atoms with Crippen LogP contribution in [-0.4, -0.2) is 195 Å². The van der Waals surface area contributed by atoms with Gasteiger partial charge < -0.3 is 85.8 Å². The molecule has 2 aliphatic heterocycles. The lowest BCUT2D eigenvalue weighted by Crippen LogP contribution is -3.00. The van der Waals surface area contributed by atoms with Gasteiger partial charge in [-0.3, -0.25) is 0 Å². The summed E-state index contributed by atoms with van der Waals surface area (Å²) >= 11 is 0. The average Bonchev–Trinajstić information content (AvgIpc) is 4.35. The lowest BCUT2D eigenvalue weighted by Gasteiger charge is -2.37. The zero-order chi connectivity index (χ0) is 56.6. The van der Waals surface area contributed by atoms with Gasteiger partial charge in [-0.15, -0.1) is 0 Å². The molecule has 14 nitrogen and oxygen atoms in total. The van der Waals surface area contributed by atoms with Crippen LogP contribution in [0.1, 0.15) is 52.4 Å². The van der Waals surface area contributed by atoms with E-state index in [9.17, 15) is 0 Å². The average molecular weight is 1260 g/mol. The lowest BCUT2D eigenvalue weighted by atomic mass is 10.1. The molecule has 3 aromatic heterocycles. The third-order valence-electron chi connectivity index (χ3n) is 15.2. The molecule has 8 bridgehead atoms. The predicted molar refractivity (Wildman–Crippen MR) is 335 cm³/mol. The maximum Gasteiger partial charge on any atom is 0.410 e. The minimum Gasteiger partial charge on any atom is -1.00 e. The number of nitrogens with one attached hydrogen (secondary N) is 2. The fourth-order valence-corrected chi connectivity index (χ4v) is 22.2. The number of quaternary nitrogens is 4. The Bertz CT molecular complexity index is 2960. The Labute approximate surface area is 525 Å². The van der Waals surface area contributed by atoms with Gasteiger partial charge in [0.1, 0.15) is 22.6 Å². The molecule has 7 aromatic rings. The van der Waals surface area contributed by atoms with Gasteiger partial charge in [-0.2, -0.15) is 0 Å². The van der Waals surface area contributed by atoms with Gasteiger partial charge in [-0.1, -0.05) is 124 Å². The van der Waals surface area contributed by atoms with Crippen LogP contribution in [0.3, 0.4) is 0 Å². The van der Waals surface area contributed by atoms with Crippen LogP contribution in [0.25, 0.3) is 89.7 Å². The zero-order valence-electron chi connectivity index (χ0n) is 51.9. The number of H-pyrrole nitrogens is 2. The first-order chi connectivity index (χ1) is 37.5. The van der Waals surface area contributed by atoms with E-state index in [0.29, 0.717) is 45.9 Å². The summed E-state index contributed by atoms with van der Waals surface area (Å²) in [4.78, 5) is 36.8. The molecule has 2 aliphatic rings. The normalized spacial score (nSPS) is 12.5. The first-order valence-electron chi connectivity index (χ1n) is 29.0. The van der Waals surface area contributed by atoms with Crippen molar-refractivity contribution in [2.45, 2.75) is 88.6 Å². The van der Waals surface area contributed by atoms with Crippen LogP contribution in [0.15, 0.2) is 97.1 Å². The van der Waals surface area contributed by atoms with Gasteiger partial charge >= 0.3 is 10.0 Å². The van der Waals surface area contributed by atoms with Gasteiger partial charge in [-0.05, 0) is 61.9 Å². The molecular formula is C62H92Cl4N12O2Si3. The molecule has 0 fully saturated rings. The van der Waals surface area contributed by atoms with Crippen molar-refractivity contribution < 1.29 is 75.8 Å². The van der Waals surface area contributed by atoms with Crippen LogP contribution in [0, 0.1) is 0 Å². The van der Waals surface area contributed by atoms with Gasteiger partial charge in [0.05, 0.1) is 111 Å². The first-order valence-corrected chi connectivity index (χ1v) is 34.9. The van der Waals surface area contributed by atoms with Gasteiger partial charge in [0, 0.05) is 43.8 Å². The number of nitrogens with zero attached hydrogens (tertiary/aromatic N) is 10. The quantitative estimate of drug-likeness (QED) is 0.0665. The topological polar surface area (TPSA) is 127 Å². The monoisotopic (exact) mass is 1260 g/mol. The fourth-order valence-electron chi connectivity index (χ4n) is 11.3. The third-order valence-corrected chi connectivity index (χ3v) is 27.2. The van der Waals surface area contributed by atoms with Crippen molar-refractivity contribution in [3.63, 3.8) is 0 Å². The Hall–Kier alpha value is -4.19. The summed E-state index contributed by atoms with van der Waals surface area (Å²) < 4.78 is 18.5. The third kappa shape index (κ3) is 19.4. The van der Waals surface area contributed by atoms with Crippen LogP contribution in [0.4, 0.5) is 0 Å². The summed E-state index contributed by atoms with van der Waals surface area (Å²) in [5.41, 5.74) is 6.45. The predicted octanol–water partition coefficient (Wildman–Crippen LogP) is 0.535. The summed E-state index contributed by atoms with van der Waals surface area (Å²) in [6, 6.07) is 39.9. The highest BCUT2D eigenvalue weighted by molar-refractivity contribution is 6.80. The number of halogens is 4. The molecule has 4 aromatic carbocycles. The Kier molecular flexibility index (Phi) is 26.1. The molecule has 0 amide bonds. The van der Waals surface area contributed by atoms with Crippen LogP contribution < -0.4 is 49.6 Å². The zero-order valence-corrected chi connectivity index (χ0v) is 57.9. The van der Waals surface area contributed by atoms with Crippen molar-refractivity contribution in [3.05, 3.63) is 97.1 Å². The van der Waals surface area contributed by atoms with Crippen LogP contribution in [-0.2, 0) is 8.23 Å². The van der Waals surface area contributed by atoms with E-state index in [4.69, 9.17) is 38.1 Å². The maximum atomic E-state index is 7.15. The molecule has 0 atom stereocenters. The Morgan fingerprint density at radius 1 is 0.349 bits per heavy atom. The molecule has 83 heavy (non-hydrogen) atoms. The second kappa shape index (κ2) is 30.4. The summed E-state index contributed by atoms with van der Waals surface area (Å²) in [6.07, 6.45) is 7.56. The van der Waals surface area contributed by atoms with Gasteiger partial charge in [0.2, 0.25) is 0 Å². The van der Waals surface area contributed by atoms with E-state index in [1.165, 1.54) is 101 Å². The Morgan fingerprint density at radius 3 is 0.795 bits per heavy atom. The fraction of sp³-hybridized carbons (Fsp3) is 0.484. The first kappa shape index (κ1) is 71.3. The molecule has 0 spiro atoms. The number of benzene rings is 4. The largest absolute Gasteiger partial charge is 1.00 e. The molecule has 0 saturated carbocycles. The summed E-state index contributed by atoms with van der Waals surface area (Å²) in [7, 11) is 24.4. The van der Waals surface area contributed by atoms with Gasteiger partial charge in [-0.25, -0.2) is 29.9 Å². The van der Waals surface area contributed by atoms with Crippen LogP contribution in [0.5, 0.6) is 0 Å². The highest BCUT2D eigenvalue weighted by Gasteiger charge is 2.39. The molecule has 2 radical (unpaired) electrons.